The zero-order chi connectivity index (χ0) is 11.4. The van der Waals surface area contributed by atoms with Gasteiger partial charge in [-0.15, -0.1) is 0 Å². The summed E-state index contributed by atoms with van der Waals surface area (Å²) >= 11 is 3.43. The van der Waals surface area contributed by atoms with Gasteiger partial charge in [0.25, 0.3) is 0 Å². The van der Waals surface area contributed by atoms with E-state index in [2.05, 4.69) is 26.2 Å². The van der Waals surface area contributed by atoms with Crippen molar-refractivity contribution < 1.29 is 0 Å². The lowest BCUT2D eigenvalue weighted by Crippen LogP contribution is -2.03. The van der Waals surface area contributed by atoms with Crippen LogP contribution in [-0.2, 0) is 6.54 Å². The standard InChI is InChI=1S/C12H12BrN3/c13-10-4-1-5-11(7-10)16-12-9(8-14)3-2-6-15-12/h1-7H,8,14H2,(H,15,16). The van der Waals surface area contributed by atoms with Crippen molar-refractivity contribution in [2.75, 3.05) is 5.32 Å². The number of rotatable bonds is 3. The van der Waals surface area contributed by atoms with Crippen LogP contribution in [0.4, 0.5) is 11.5 Å². The molecule has 0 amide bonds. The smallest absolute Gasteiger partial charge is 0.134 e. The largest absolute Gasteiger partial charge is 0.340 e. The highest BCUT2D eigenvalue weighted by Crippen LogP contribution is 2.21. The summed E-state index contributed by atoms with van der Waals surface area (Å²) in [4.78, 5) is 4.27. The van der Waals surface area contributed by atoms with Crippen LogP contribution in [0.15, 0.2) is 47.1 Å². The molecule has 0 saturated heterocycles. The average molecular weight is 278 g/mol. The first kappa shape index (κ1) is 11.1. The molecule has 0 bridgehead atoms. The van der Waals surface area contributed by atoms with Crippen molar-refractivity contribution in [3.05, 3.63) is 52.6 Å². The average Bonchev–Trinajstić information content (AvgIpc) is 2.30. The van der Waals surface area contributed by atoms with Gasteiger partial charge in [0.1, 0.15) is 5.82 Å². The molecular weight excluding hydrogens is 266 g/mol. The van der Waals surface area contributed by atoms with E-state index in [1.54, 1.807) is 6.20 Å². The van der Waals surface area contributed by atoms with Crippen LogP contribution < -0.4 is 11.1 Å². The Labute approximate surface area is 103 Å². The SMILES string of the molecule is NCc1cccnc1Nc1cccc(Br)c1. The summed E-state index contributed by atoms with van der Waals surface area (Å²) in [6.07, 6.45) is 1.75. The molecule has 0 saturated carbocycles. The zero-order valence-electron chi connectivity index (χ0n) is 8.65. The predicted molar refractivity (Wildman–Crippen MR) is 69.6 cm³/mol. The molecule has 0 unspecified atom stereocenters. The molecule has 4 heteroatoms. The number of nitrogens with one attached hydrogen (secondary N) is 1. The second kappa shape index (κ2) is 5.09. The molecule has 0 fully saturated rings. The van der Waals surface area contributed by atoms with Crippen molar-refractivity contribution in [2.45, 2.75) is 6.54 Å². The summed E-state index contributed by atoms with van der Waals surface area (Å²) in [5.41, 5.74) is 7.64. The van der Waals surface area contributed by atoms with Gasteiger partial charge < -0.3 is 11.1 Å². The van der Waals surface area contributed by atoms with Gasteiger partial charge in [0.05, 0.1) is 0 Å². The molecule has 2 rings (SSSR count). The molecule has 3 N–H and O–H groups in total. The maximum absolute atomic E-state index is 5.64. The minimum atomic E-state index is 0.476. The first-order valence-electron chi connectivity index (χ1n) is 4.96. The summed E-state index contributed by atoms with van der Waals surface area (Å²) in [5.74, 6) is 0.808. The summed E-state index contributed by atoms with van der Waals surface area (Å²) in [6, 6.07) is 11.8. The van der Waals surface area contributed by atoms with Gasteiger partial charge in [-0.2, -0.15) is 0 Å². The molecule has 16 heavy (non-hydrogen) atoms. The van der Waals surface area contributed by atoms with E-state index >= 15 is 0 Å². The van der Waals surface area contributed by atoms with Gasteiger partial charge in [-0.3, -0.25) is 0 Å². The highest BCUT2D eigenvalue weighted by molar-refractivity contribution is 9.10. The molecular formula is C12H12BrN3. The molecule has 1 heterocycles. The Hall–Kier alpha value is -1.39. The Morgan fingerprint density at radius 1 is 1.25 bits per heavy atom. The minimum absolute atomic E-state index is 0.476. The van der Waals surface area contributed by atoms with E-state index in [0.29, 0.717) is 6.54 Å². The van der Waals surface area contributed by atoms with Crippen molar-refractivity contribution >= 4 is 27.4 Å². The van der Waals surface area contributed by atoms with Crippen LogP contribution in [0.1, 0.15) is 5.56 Å². The predicted octanol–water partition coefficient (Wildman–Crippen LogP) is 3.05. The monoisotopic (exact) mass is 277 g/mol. The van der Waals surface area contributed by atoms with E-state index in [0.717, 1.165) is 21.5 Å². The highest BCUT2D eigenvalue weighted by atomic mass is 79.9. The Kier molecular flexibility index (Phi) is 3.54. The Morgan fingerprint density at radius 3 is 2.88 bits per heavy atom. The Morgan fingerprint density at radius 2 is 2.12 bits per heavy atom. The van der Waals surface area contributed by atoms with Gasteiger partial charge >= 0.3 is 0 Å². The molecule has 1 aromatic heterocycles. The molecule has 1 aromatic carbocycles. The number of nitrogens with zero attached hydrogens (tertiary/aromatic N) is 1. The first-order valence-corrected chi connectivity index (χ1v) is 5.75. The van der Waals surface area contributed by atoms with Crippen LogP contribution in [0.2, 0.25) is 0 Å². The van der Waals surface area contributed by atoms with E-state index in [9.17, 15) is 0 Å². The third-order valence-electron chi connectivity index (χ3n) is 2.20. The fourth-order valence-electron chi connectivity index (χ4n) is 1.42. The summed E-state index contributed by atoms with van der Waals surface area (Å²) < 4.78 is 1.03. The highest BCUT2D eigenvalue weighted by Gasteiger charge is 2.01. The molecule has 0 spiro atoms. The van der Waals surface area contributed by atoms with Gasteiger partial charge in [-0.05, 0) is 24.3 Å². The summed E-state index contributed by atoms with van der Waals surface area (Å²) in [5, 5.41) is 3.24. The Balaban J connectivity index is 2.26. The van der Waals surface area contributed by atoms with Gasteiger partial charge in [0.2, 0.25) is 0 Å². The normalized spacial score (nSPS) is 10.1. The van der Waals surface area contributed by atoms with Gasteiger partial charge in [0, 0.05) is 28.5 Å². The number of nitrogens with two attached hydrogens (primary N) is 1. The van der Waals surface area contributed by atoms with Crippen molar-refractivity contribution in [1.82, 2.24) is 4.98 Å². The third kappa shape index (κ3) is 2.59. The third-order valence-corrected chi connectivity index (χ3v) is 2.69. The lowest BCUT2D eigenvalue weighted by Gasteiger charge is -2.09. The number of halogens is 1. The topological polar surface area (TPSA) is 50.9 Å². The van der Waals surface area contributed by atoms with Gasteiger partial charge in [0.15, 0.2) is 0 Å². The number of pyridine rings is 1. The summed E-state index contributed by atoms with van der Waals surface area (Å²) in [7, 11) is 0. The van der Waals surface area contributed by atoms with E-state index in [4.69, 9.17) is 5.73 Å². The van der Waals surface area contributed by atoms with E-state index in [1.165, 1.54) is 0 Å². The lowest BCUT2D eigenvalue weighted by atomic mass is 10.2. The van der Waals surface area contributed by atoms with Crippen LogP contribution in [-0.4, -0.2) is 4.98 Å². The van der Waals surface area contributed by atoms with Gasteiger partial charge in [-0.25, -0.2) is 4.98 Å². The molecule has 0 aliphatic rings. The number of benzene rings is 1. The molecule has 82 valence electrons. The fraction of sp³-hybridized carbons (Fsp3) is 0.0833. The van der Waals surface area contributed by atoms with Gasteiger partial charge in [-0.1, -0.05) is 28.1 Å². The second-order valence-electron chi connectivity index (χ2n) is 3.35. The fourth-order valence-corrected chi connectivity index (χ4v) is 1.82. The van der Waals surface area contributed by atoms with E-state index < -0.39 is 0 Å². The lowest BCUT2D eigenvalue weighted by molar-refractivity contribution is 1.05. The minimum Gasteiger partial charge on any atom is -0.340 e. The first-order chi connectivity index (χ1) is 7.79. The van der Waals surface area contributed by atoms with Crippen LogP contribution >= 0.6 is 15.9 Å². The zero-order valence-corrected chi connectivity index (χ0v) is 10.2. The molecule has 0 aliphatic heterocycles. The second-order valence-corrected chi connectivity index (χ2v) is 4.27. The van der Waals surface area contributed by atoms with Crippen LogP contribution in [0.5, 0.6) is 0 Å². The molecule has 0 radical (unpaired) electrons. The van der Waals surface area contributed by atoms with Crippen LogP contribution in [0.25, 0.3) is 0 Å². The molecule has 0 atom stereocenters. The molecule has 2 aromatic rings. The Bertz CT molecular complexity index is 485. The number of hydrogen-bond acceptors (Lipinski definition) is 3. The number of aromatic nitrogens is 1. The maximum atomic E-state index is 5.64. The van der Waals surface area contributed by atoms with E-state index in [1.807, 2.05) is 36.4 Å². The van der Waals surface area contributed by atoms with E-state index in [-0.39, 0.29) is 0 Å². The summed E-state index contributed by atoms with van der Waals surface area (Å²) in [6.45, 7) is 0.476. The van der Waals surface area contributed by atoms with Crippen molar-refractivity contribution in [1.29, 1.82) is 0 Å². The van der Waals surface area contributed by atoms with Crippen LogP contribution in [0.3, 0.4) is 0 Å². The number of anilines is 2. The molecule has 3 nitrogen and oxygen atoms in total. The van der Waals surface area contributed by atoms with Crippen LogP contribution in [0, 0.1) is 0 Å². The maximum Gasteiger partial charge on any atom is 0.134 e. The quantitative estimate of drug-likeness (QED) is 0.907. The van der Waals surface area contributed by atoms with Crippen molar-refractivity contribution in [2.24, 2.45) is 5.73 Å². The number of hydrogen-bond donors (Lipinski definition) is 2. The molecule has 0 aliphatic carbocycles. The van der Waals surface area contributed by atoms with Crippen molar-refractivity contribution in [3.63, 3.8) is 0 Å². The van der Waals surface area contributed by atoms with Crippen molar-refractivity contribution in [3.8, 4) is 0 Å².